The molecule has 150 valence electrons. The molecule has 1 aliphatic heterocycles. The zero-order valence-corrected chi connectivity index (χ0v) is 16.5. The van der Waals surface area contributed by atoms with Crippen molar-refractivity contribution >= 4 is 5.78 Å². The fraction of sp³-hybridized carbons (Fsp3) is 0.381. The van der Waals surface area contributed by atoms with Crippen LogP contribution in [0.2, 0.25) is 0 Å². The van der Waals surface area contributed by atoms with E-state index < -0.39 is 0 Å². The molecule has 0 spiro atoms. The molecule has 0 saturated carbocycles. The van der Waals surface area contributed by atoms with E-state index in [0.29, 0.717) is 35.8 Å². The van der Waals surface area contributed by atoms with E-state index in [-0.39, 0.29) is 24.1 Å². The topological polar surface area (TPSA) is 86.3 Å². The Morgan fingerprint density at radius 1 is 0.929 bits per heavy atom. The average Bonchev–Trinajstić information content (AvgIpc) is 2.70. The van der Waals surface area contributed by atoms with Gasteiger partial charge in [-0.3, -0.25) is 10.1 Å². The summed E-state index contributed by atoms with van der Waals surface area (Å²) in [6.07, 6.45) is 0.977. The number of aromatic hydroxyl groups is 1. The third kappa shape index (κ3) is 3.57. The number of ketones is 1. The van der Waals surface area contributed by atoms with Gasteiger partial charge in [0, 0.05) is 12.0 Å². The number of rotatable bonds is 5. The molecule has 0 amide bonds. The molecule has 2 aromatic carbocycles. The standard InChI is InChI=1S/C21H25NO6/c1-25-16-8-6-13(9-15(16)24)19-18-12(5-7-14(23)11-22-19)10-17(26-2)20(27-3)21(18)28-4/h6,8-10,19,22,24H,5,7,11H2,1-4H3. The Balaban J connectivity index is 2.24. The Morgan fingerprint density at radius 2 is 1.64 bits per heavy atom. The number of ether oxygens (including phenoxy) is 4. The van der Waals surface area contributed by atoms with Gasteiger partial charge in [-0.2, -0.15) is 0 Å². The predicted molar refractivity (Wildman–Crippen MR) is 104 cm³/mol. The summed E-state index contributed by atoms with van der Waals surface area (Å²) >= 11 is 0. The normalized spacial score (nSPS) is 16.6. The molecule has 1 unspecified atom stereocenters. The van der Waals surface area contributed by atoms with Crippen LogP contribution >= 0.6 is 0 Å². The number of phenolic OH excluding ortho intramolecular Hbond substituents is 1. The summed E-state index contributed by atoms with van der Waals surface area (Å²) in [5.74, 6) is 2.09. The molecule has 2 aromatic rings. The van der Waals surface area contributed by atoms with Gasteiger partial charge >= 0.3 is 0 Å². The molecule has 1 aliphatic rings. The highest BCUT2D eigenvalue weighted by molar-refractivity contribution is 5.81. The van der Waals surface area contributed by atoms with Gasteiger partial charge in [-0.05, 0) is 35.7 Å². The number of benzene rings is 2. The van der Waals surface area contributed by atoms with Crippen molar-refractivity contribution in [3.05, 3.63) is 41.0 Å². The second-order valence-corrected chi connectivity index (χ2v) is 6.50. The van der Waals surface area contributed by atoms with Crippen molar-refractivity contribution in [2.24, 2.45) is 0 Å². The van der Waals surface area contributed by atoms with Crippen LogP contribution in [-0.4, -0.2) is 45.9 Å². The molecule has 1 heterocycles. The summed E-state index contributed by atoms with van der Waals surface area (Å²) in [6, 6.07) is 6.67. The Hall–Kier alpha value is -2.93. The number of phenols is 1. The van der Waals surface area contributed by atoms with E-state index in [1.54, 1.807) is 33.5 Å². The number of methoxy groups -OCH3 is 4. The zero-order chi connectivity index (χ0) is 20.3. The van der Waals surface area contributed by atoms with E-state index in [2.05, 4.69) is 5.32 Å². The lowest BCUT2D eigenvalue weighted by molar-refractivity contribution is -0.118. The lowest BCUT2D eigenvalue weighted by atomic mass is 9.88. The van der Waals surface area contributed by atoms with Crippen LogP contribution in [0.5, 0.6) is 28.7 Å². The van der Waals surface area contributed by atoms with Gasteiger partial charge in [-0.15, -0.1) is 0 Å². The Labute approximate surface area is 164 Å². The summed E-state index contributed by atoms with van der Waals surface area (Å²) < 4.78 is 21.9. The molecule has 2 N–H and O–H groups in total. The van der Waals surface area contributed by atoms with E-state index in [1.165, 1.54) is 7.11 Å². The van der Waals surface area contributed by atoms with Crippen LogP contribution < -0.4 is 24.3 Å². The predicted octanol–water partition coefficient (Wildman–Crippen LogP) is 2.62. The minimum atomic E-state index is -0.384. The lowest BCUT2D eigenvalue weighted by Gasteiger charge is -2.28. The van der Waals surface area contributed by atoms with Gasteiger partial charge in [0.15, 0.2) is 23.0 Å². The Bertz CT molecular complexity index is 880. The fourth-order valence-electron chi connectivity index (χ4n) is 3.60. The van der Waals surface area contributed by atoms with Crippen molar-refractivity contribution in [3.8, 4) is 28.7 Å². The molecule has 7 heteroatoms. The van der Waals surface area contributed by atoms with E-state index >= 15 is 0 Å². The van der Waals surface area contributed by atoms with E-state index in [1.807, 2.05) is 12.1 Å². The van der Waals surface area contributed by atoms with Crippen molar-refractivity contribution in [3.63, 3.8) is 0 Å². The summed E-state index contributed by atoms with van der Waals surface area (Å²) in [5, 5.41) is 13.6. The van der Waals surface area contributed by atoms with Crippen molar-refractivity contribution in [2.45, 2.75) is 18.9 Å². The zero-order valence-electron chi connectivity index (χ0n) is 16.5. The highest BCUT2D eigenvalue weighted by Gasteiger charge is 2.30. The maximum atomic E-state index is 12.2. The van der Waals surface area contributed by atoms with Crippen LogP contribution in [0.4, 0.5) is 0 Å². The number of aryl methyl sites for hydroxylation is 1. The summed E-state index contributed by atoms with van der Waals surface area (Å²) in [4.78, 5) is 12.2. The SMILES string of the molecule is COc1ccc(C2NCC(=O)CCc3cc(OC)c(OC)c(OC)c32)cc1O. The van der Waals surface area contributed by atoms with Crippen molar-refractivity contribution in [2.75, 3.05) is 35.0 Å². The summed E-state index contributed by atoms with van der Waals surface area (Å²) in [6.45, 7) is 0.217. The third-order valence-corrected chi connectivity index (χ3v) is 4.96. The number of hydrogen-bond donors (Lipinski definition) is 2. The highest BCUT2D eigenvalue weighted by atomic mass is 16.5. The molecule has 0 bridgehead atoms. The van der Waals surface area contributed by atoms with Crippen LogP contribution in [0.3, 0.4) is 0 Å². The molecule has 0 fully saturated rings. The van der Waals surface area contributed by atoms with Gasteiger partial charge in [0.05, 0.1) is 41.0 Å². The summed E-state index contributed by atoms with van der Waals surface area (Å²) in [5.41, 5.74) is 2.56. The van der Waals surface area contributed by atoms with Crippen LogP contribution in [0.25, 0.3) is 0 Å². The van der Waals surface area contributed by atoms with Crippen LogP contribution in [0.1, 0.15) is 29.2 Å². The van der Waals surface area contributed by atoms with E-state index in [9.17, 15) is 9.90 Å². The van der Waals surface area contributed by atoms with Gasteiger partial charge in [-0.1, -0.05) is 6.07 Å². The molecule has 0 radical (unpaired) electrons. The smallest absolute Gasteiger partial charge is 0.203 e. The number of hydrogen-bond acceptors (Lipinski definition) is 7. The second kappa shape index (κ2) is 8.39. The molecular formula is C21H25NO6. The van der Waals surface area contributed by atoms with Gasteiger partial charge in [0.25, 0.3) is 0 Å². The van der Waals surface area contributed by atoms with Gasteiger partial charge < -0.3 is 24.1 Å². The molecule has 0 saturated heterocycles. The minimum absolute atomic E-state index is 0.0242. The lowest BCUT2D eigenvalue weighted by Crippen LogP contribution is -2.32. The van der Waals surface area contributed by atoms with Crippen molar-refractivity contribution in [1.29, 1.82) is 0 Å². The first-order valence-corrected chi connectivity index (χ1v) is 8.97. The number of carbonyl (C=O) groups excluding carboxylic acids is 1. The molecular weight excluding hydrogens is 362 g/mol. The molecule has 28 heavy (non-hydrogen) atoms. The quantitative estimate of drug-likeness (QED) is 0.816. The van der Waals surface area contributed by atoms with E-state index in [4.69, 9.17) is 18.9 Å². The Kier molecular flexibility index (Phi) is 5.94. The van der Waals surface area contributed by atoms with Gasteiger partial charge in [0.2, 0.25) is 5.75 Å². The van der Waals surface area contributed by atoms with E-state index in [0.717, 1.165) is 16.7 Å². The molecule has 0 aromatic heterocycles. The number of nitrogens with one attached hydrogen (secondary N) is 1. The van der Waals surface area contributed by atoms with Crippen LogP contribution in [-0.2, 0) is 11.2 Å². The molecule has 0 aliphatic carbocycles. The molecule has 1 atom stereocenters. The largest absolute Gasteiger partial charge is 0.504 e. The first kappa shape index (κ1) is 19.8. The fourth-order valence-corrected chi connectivity index (χ4v) is 3.60. The highest BCUT2D eigenvalue weighted by Crippen LogP contribution is 2.47. The number of fused-ring (bicyclic) bond motifs is 1. The first-order chi connectivity index (χ1) is 13.5. The Morgan fingerprint density at radius 3 is 2.25 bits per heavy atom. The van der Waals surface area contributed by atoms with Crippen molar-refractivity contribution < 1.29 is 28.8 Å². The maximum absolute atomic E-state index is 12.2. The first-order valence-electron chi connectivity index (χ1n) is 8.97. The average molecular weight is 387 g/mol. The minimum Gasteiger partial charge on any atom is -0.504 e. The van der Waals surface area contributed by atoms with Crippen LogP contribution in [0, 0.1) is 0 Å². The number of carbonyl (C=O) groups is 1. The number of Topliss-reactive ketones (excluding diaryl/α,β-unsaturated/α-hetero) is 1. The monoisotopic (exact) mass is 387 g/mol. The second-order valence-electron chi connectivity index (χ2n) is 6.50. The van der Waals surface area contributed by atoms with Crippen LogP contribution in [0.15, 0.2) is 24.3 Å². The molecule has 7 nitrogen and oxygen atoms in total. The summed E-state index contributed by atoms with van der Waals surface area (Å²) in [7, 11) is 6.19. The van der Waals surface area contributed by atoms with Gasteiger partial charge in [-0.25, -0.2) is 0 Å². The molecule has 3 rings (SSSR count). The third-order valence-electron chi connectivity index (χ3n) is 4.96. The van der Waals surface area contributed by atoms with Crippen molar-refractivity contribution in [1.82, 2.24) is 5.32 Å². The van der Waals surface area contributed by atoms with Gasteiger partial charge in [0.1, 0.15) is 5.78 Å². The maximum Gasteiger partial charge on any atom is 0.203 e.